The fourth-order valence-electron chi connectivity index (χ4n) is 3.09. The van der Waals surface area contributed by atoms with Crippen LogP contribution in [0.3, 0.4) is 0 Å². The van der Waals surface area contributed by atoms with Gasteiger partial charge in [0.2, 0.25) is 0 Å². The fraction of sp³-hybridized carbons (Fsp3) is 0.318. The van der Waals surface area contributed by atoms with Crippen molar-refractivity contribution in [2.45, 2.75) is 50.8 Å². The summed E-state index contributed by atoms with van der Waals surface area (Å²) < 4.78 is 1.40. The van der Waals surface area contributed by atoms with Gasteiger partial charge >= 0.3 is 11.1 Å². The van der Waals surface area contributed by atoms with E-state index in [0.29, 0.717) is 28.4 Å². The maximum absolute atomic E-state index is 12.7. The predicted octanol–water partition coefficient (Wildman–Crippen LogP) is 4.16. The van der Waals surface area contributed by atoms with Gasteiger partial charge in [-0.25, -0.2) is 0 Å². The van der Waals surface area contributed by atoms with Gasteiger partial charge in [-0.05, 0) is 62.2 Å². The van der Waals surface area contributed by atoms with E-state index < -0.39 is 11.1 Å². The molecule has 0 fully saturated rings. The molecule has 1 heterocycles. The third-order valence-electron chi connectivity index (χ3n) is 4.91. The van der Waals surface area contributed by atoms with Crippen molar-refractivity contribution in [3.05, 3.63) is 68.2 Å². The van der Waals surface area contributed by atoms with Gasteiger partial charge in [-0.2, -0.15) is 0 Å². The van der Waals surface area contributed by atoms with Crippen molar-refractivity contribution in [2.75, 3.05) is 5.32 Å². The summed E-state index contributed by atoms with van der Waals surface area (Å²) >= 11 is 1.81. The Hall–Kier alpha value is -2.80. The fourth-order valence-corrected chi connectivity index (χ4v) is 4.12. The van der Waals surface area contributed by atoms with Crippen LogP contribution in [0.2, 0.25) is 0 Å². The number of anilines is 1. The third-order valence-corrected chi connectivity index (χ3v) is 6.17. The van der Waals surface area contributed by atoms with Crippen LogP contribution in [-0.4, -0.2) is 20.7 Å². The normalized spacial score (nSPS) is 12.1. The second kappa shape index (κ2) is 8.69. The van der Waals surface area contributed by atoms with Crippen molar-refractivity contribution in [3.8, 4) is 0 Å². The first kappa shape index (κ1) is 20.9. The summed E-state index contributed by atoms with van der Waals surface area (Å²) in [5, 5.41) is 3.47. The zero-order chi connectivity index (χ0) is 21.1. The van der Waals surface area contributed by atoms with E-state index in [9.17, 15) is 14.4 Å². The number of H-pyrrole nitrogens is 1. The molecule has 3 rings (SSSR count). The van der Waals surface area contributed by atoms with Crippen molar-refractivity contribution in [1.29, 1.82) is 0 Å². The monoisotopic (exact) mass is 411 g/mol. The average Bonchev–Trinajstić information content (AvgIpc) is 2.70. The number of aromatic nitrogens is 2. The standard InChI is InChI=1S/C22H25N3O3S/c1-5-14(4)29-16-8-9-17(13(3)11-16)23-20(26)15-7-10-19-18(12-15)24-21(27)22(28)25(19)6-2/h7-12,14H,5-6H2,1-4H3,(H,23,26)(H,24,27). The number of rotatable bonds is 6. The molecule has 29 heavy (non-hydrogen) atoms. The lowest BCUT2D eigenvalue weighted by atomic mass is 10.1. The second-order valence-electron chi connectivity index (χ2n) is 7.00. The molecule has 0 bridgehead atoms. The van der Waals surface area contributed by atoms with Gasteiger partial charge < -0.3 is 14.9 Å². The highest BCUT2D eigenvalue weighted by Crippen LogP contribution is 2.28. The number of aromatic amines is 1. The van der Waals surface area contributed by atoms with Crippen LogP contribution in [0.5, 0.6) is 0 Å². The minimum atomic E-state index is -0.692. The van der Waals surface area contributed by atoms with E-state index >= 15 is 0 Å². The lowest BCUT2D eigenvalue weighted by Gasteiger charge is -2.13. The largest absolute Gasteiger partial charge is 0.322 e. The van der Waals surface area contributed by atoms with Crippen LogP contribution in [0.15, 0.2) is 50.9 Å². The van der Waals surface area contributed by atoms with E-state index in [1.165, 1.54) is 9.46 Å². The quantitative estimate of drug-likeness (QED) is 0.471. The number of aryl methyl sites for hydroxylation is 2. The van der Waals surface area contributed by atoms with Crippen LogP contribution in [0.4, 0.5) is 5.69 Å². The Bertz CT molecular complexity index is 1180. The van der Waals surface area contributed by atoms with Gasteiger partial charge in [-0.15, -0.1) is 11.8 Å². The molecular weight excluding hydrogens is 386 g/mol. The zero-order valence-electron chi connectivity index (χ0n) is 17.0. The third kappa shape index (κ3) is 4.45. The van der Waals surface area contributed by atoms with Crippen molar-refractivity contribution < 1.29 is 4.79 Å². The molecule has 3 aromatic rings. The Morgan fingerprint density at radius 2 is 1.93 bits per heavy atom. The molecule has 1 atom stereocenters. The van der Waals surface area contributed by atoms with Crippen molar-refractivity contribution >= 4 is 34.4 Å². The summed E-state index contributed by atoms with van der Waals surface area (Å²) in [6.45, 7) is 8.50. The van der Waals surface area contributed by atoms with Crippen LogP contribution >= 0.6 is 11.8 Å². The Kier molecular flexibility index (Phi) is 6.27. The summed E-state index contributed by atoms with van der Waals surface area (Å²) in [6.07, 6.45) is 1.10. The van der Waals surface area contributed by atoms with Crippen molar-refractivity contribution in [2.24, 2.45) is 0 Å². The second-order valence-corrected chi connectivity index (χ2v) is 8.51. The Balaban J connectivity index is 1.87. The van der Waals surface area contributed by atoms with E-state index in [1.807, 2.05) is 30.8 Å². The minimum Gasteiger partial charge on any atom is -0.322 e. The maximum Gasteiger partial charge on any atom is 0.316 e. The zero-order valence-corrected chi connectivity index (χ0v) is 17.9. The summed E-state index contributed by atoms with van der Waals surface area (Å²) in [5.41, 5.74) is 1.91. The van der Waals surface area contributed by atoms with Crippen LogP contribution in [0, 0.1) is 6.92 Å². The lowest BCUT2D eigenvalue weighted by Crippen LogP contribution is -2.36. The first-order chi connectivity index (χ1) is 13.8. The molecule has 2 aromatic carbocycles. The molecule has 0 aliphatic carbocycles. The molecule has 0 saturated heterocycles. The highest BCUT2D eigenvalue weighted by atomic mass is 32.2. The molecule has 0 aliphatic rings. The summed E-state index contributed by atoms with van der Waals surface area (Å²) in [4.78, 5) is 40.3. The number of nitrogens with zero attached hydrogens (tertiary/aromatic N) is 1. The molecule has 152 valence electrons. The Labute approximate surface area is 173 Å². The molecular formula is C22H25N3O3S. The number of thioether (sulfide) groups is 1. The molecule has 0 aliphatic heterocycles. The van der Waals surface area contributed by atoms with Crippen LogP contribution in [-0.2, 0) is 6.54 Å². The highest BCUT2D eigenvalue weighted by Gasteiger charge is 2.12. The van der Waals surface area contributed by atoms with Gasteiger partial charge in [0.05, 0.1) is 11.0 Å². The smallest absolute Gasteiger partial charge is 0.316 e. The molecule has 1 aromatic heterocycles. The first-order valence-corrected chi connectivity index (χ1v) is 10.6. The molecule has 0 saturated carbocycles. The topological polar surface area (TPSA) is 84.0 Å². The van der Waals surface area contributed by atoms with Crippen molar-refractivity contribution in [3.63, 3.8) is 0 Å². The summed E-state index contributed by atoms with van der Waals surface area (Å²) in [7, 11) is 0. The van der Waals surface area contributed by atoms with Crippen molar-refractivity contribution in [1.82, 2.24) is 9.55 Å². The van der Waals surface area contributed by atoms with E-state index in [2.05, 4.69) is 30.2 Å². The molecule has 2 N–H and O–H groups in total. The van der Waals surface area contributed by atoms with Gasteiger partial charge in [0.15, 0.2) is 0 Å². The van der Waals surface area contributed by atoms with Gasteiger partial charge in [-0.3, -0.25) is 14.4 Å². The first-order valence-electron chi connectivity index (χ1n) is 9.69. The lowest BCUT2D eigenvalue weighted by molar-refractivity contribution is 0.102. The van der Waals surface area contributed by atoms with E-state index in [0.717, 1.165) is 17.7 Å². The molecule has 0 radical (unpaired) electrons. The number of hydrogen-bond acceptors (Lipinski definition) is 4. The number of benzene rings is 2. The number of carbonyl (C=O) groups is 1. The van der Waals surface area contributed by atoms with Crippen LogP contribution in [0.1, 0.15) is 43.1 Å². The molecule has 7 heteroatoms. The van der Waals surface area contributed by atoms with E-state index in [-0.39, 0.29) is 5.91 Å². The average molecular weight is 412 g/mol. The highest BCUT2D eigenvalue weighted by molar-refractivity contribution is 7.99. The SMILES string of the molecule is CCC(C)Sc1ccc(NC(=O)c2ccc3c(c2)[nH]c(=O)c(=O)n3CC)c(C)c1. The summed E-state index contributed by atoms with van der Waals surface area (Å²) in [5.74, 6) is -0.271. The number of fused-ring (bicyclic) bond motifs is 1. The summed E-state index contributed by atoms with van der Waals surface area (Å²) in [6, 6.07) is 10.9. The van der Waals surface area contributed by atoms with Gasteiger partial charge in [0.1, 0.15) is 0 Å². The van der Waals surface area contributed by atoms with Gasteiger partial charge in [0, 0.05) is 27.9 Å². The van der Waals surface area contributed by atoms with Gasteiger partial charge in [0.25, 0.3) is 5.91 Å². The molecule has 1 amide bonds. The van der Waals surface area contributed by atoms with Gasteiger partial charge in [-0.1, -0.05) is 13.8 Å². The Morgan fingerprint density at radius 3 is 2.59 bits per heavy atom. The number of nitrogens with one attached hydrogen (secondary N) is 2. The Morgan fingerprint density at radius 1 is 1.17 bits per heavy atom. The van der Waals surface area contributed by atoms with Crippen LogP contribution in [0.25, 0.3) is 11.0 Å². The van der Waals surface area contributed by atoms with Crippen LogP contribution < -0.4 is 16.4 Å². The molecule has 0 spiro atoms. The number of carbonyl (C=O) groups excluding carboxylic acids is 1. The molecule has 6 nitrogen and oxygen atoms in total. The van der Waals surface area contributed by atoms with E-state index in [4.69, 9.17) is 0 Å². The maximum atomic E-state index is 12.7. The molecule has 1 unspecified atom stereocenters. The predicted molar refractivity (Wildman–Crippen MR) is 119 cm³/mol. The van der Waals surface area contributed by atoms with E-state index in [1.54, 1.807) is 25.1 Å². The minimum absolute atomic E-state index is 0.271. The number of hydrogen-bond donors (Lipinski definition) is 2. The number of amides is 1.